The Morgan fingerprint density at radius 3 is 1.85 bits per heavy atom. The third kappa shape index (κ3) is 4.55. The summed E-state index contributed by atoms with van der Waals surface area (Å²) in [6, 6.07) is 8.67. The van der Waals surface area contributed by atoms with E-state index in [1.807, 2.05) is 6.92 Å². The predicted molar refractivity (Wildman–Crippen MR) is 92.6 cm³/mol. The predicted octanol–water partition coefficient (Wildman–Crippen LogP) is 5.97. The van der Waals surface area contributed by atoms with E-state index in [0.717, 1.165) is 23.3 Å². The highest BCUT2D eigenvalue weighted by Gasteiger charge is 2.23. The van der Waals surface area contributed by atoms with Crippen molar-refractivity contribution in [3.63, 3.8) is 0 Å². The Morgan fingerprint density at radius 2 is 1.33 bits per heavy atom. The second-order valence-electron chi connectivity index (χ2n) is 5.89. The minimum Gasteiger partial charge on any atom is -0.236 e. The van der Waals surface area contributed by atoms with Gasteiger partial charge in [0.1, 0.15) is 11.6 Å². The molecule has 0 atom stereocenters. The van der Waals surface area contributed by atoms with Gasteiger partial charge in [0.25, 0.3) is 0 Å². The molecular weight excluding hydrogens is 363 g/mol. The van der Waals surface area contributed by atoms with Crippen molar-refractivity contribution in [1.29, 1.82) is 0 Å². The van der Waals surface area contributed by atoms with Crippen LogP contribution >= 0.6 is 0 Å². The fourth-order valence-electron chi connectivity index (χ4n) is 2.44. The first kappa shape index (κ1) is 18.7. The van der Waals surface area contributed by atoms with Crippen LogP contribution in [0, 0.1) is 18.6 Å². The van der Waals surface area contributed by atoms with Crippen molar-refractivity contribution in [2.24, 2.45) is 0 Å². The van der Waals surface area contributed by atoms with Gasteiger partial charge in [0, 0.05) is 29.6 Å². The molecule has 0 radical (unpaired) electrons. The van der Waals surface area contributed by atoms with Gasteiger partial charge in [0.2, 0.25) is 0 Å². The number of aromatic nitrogens is 2. The largest absolute Gasteiger partial charge is 0.409 e. The van der Waals surface area contributed by atoms with Gasteiger partial charge in [-0.25, -0.2) is 18.7 Å². The van der Waals surface area contributed by atoms with E-state index in [1.54, 1.807) is 36.7 Å². The van der Waals surface area contributed by atoms with Crippen LogP contribution in [0.5, 0.6) is 0 Å². The second kappa shape index (κ2) is 7.26. The molecular formula is C20H13F5N2. The van der Waals surface area contributed by atoms with Crippen molar-refractivity contribution < 1.29 is 22.0 Å². The molecule has 2 nitrogen and oxygen atoms in total. The summed E-state index contributed by atoms with van der Waals surface area (Å²) in [5, 5.41) is 0. The van der Waals surface area contributed by atoms with Gasteiger partial charge in [-0.1, -0.05) is 24.3 Å². The maximum atomic E-state index is 14.1. The summed E-state index contributed by atoms with van der Waals surface area (Å²) < 4.78 is 64.8. The van der Waals surface area contributed by atoms with E-state index in [-0.39, 0.29) is 11.6 Å². The van der Waals surface area contributed by atoms with Gasteiger partial charge in [-0.3, -0.25) is 0 Å². The van der Waals surface area contributed by atoms with Crippen LogP contribution in [-0.4, -0.2) is 16.1 Å². The van der Waals surface area contributed by atoms with E-state index in [1.165, 1.54) is 0 Å². The molecule has 0 saturated heterocycles. The number of hydrogen-bond acceptors (Lipinski definition) is 2. The normalized spacial score (nSPS) is 11.9. The Labute approximate surface area is 152 Å². The molecule has 0 bridgehead atoms. The number of benzene rings is 2. The molecule has 0 saturated carbocycles. The number of rotatable bonds is 3. The lowest BCUT2D eigenvalue weighted by Crippen LogP contribution is -2.01. The van der Waals surface area contributed by atoms with Crippen LogP contribution in [0.3, 0.4) is 0 Å². The van der Waals surface area contributed by atoms with Crippen molar-refractivity contribution in [1.82, 2.24) is 9.97 Å². The second-order valence-corrected chi connectivity index (χ2v) is 5.89. The van der Waals surface area contributed by atoms with Crippen molar-refractivity contribution in [2.45, 2.75) is 13.1 Å². The first-order valence-electron chi connectivity index (χ1n) is 7.87. The molecule has 27 heavy (non-hydrogen) atoms. The average molecular weight is 376 g/mol. The summed E-state index contributed by atoms with van der Waals surface area (Å²) in [4.78, 5) is 8.40. The maximum Gasteiger partial charge on any atom is 0.409 e. The lowest BCUT2D eigenvalue weighted by molar-refractivity contribution is -0.0790. The minimum atomic E-state index is -4.65. The van der Waals surface area contributed by atoms with Crippen LogP contribution in [0.15, 0.2) is 54.9 Å². The highest BCUT2D eigenvalue weighted by molar-refractivity contribution is 5.69. The van der Waals surface area contributed by atoms with Gasteiger partial charge in [-0.05, 0) is 41.8 Å². The zero-order valence-electron chi connectivity index (χ0n) is 14.1. The monoisotopic (exact) mass is 376 g/mol. The standard InChI is InChI=1S/C20H13F5N2/c1-12-10-26-19(27-11-12)14-4-2-13(3-5-14)15-8-17(21)16(18(22)9-15)6-7-20(23,24)25/h2-11H,1H3/b7-6+. The molecule has 138 valence electrons. The van der Waals surface area contributed by atoms with E-state index in [0.29, 0.717) is 17.5 Å². The van der Waals surface area contributed by atoms with E-state index in [2.05, 4.69) is 9.97 Å². The summed E-state index contributed by atoms with van der Waals surface area (Å²) in [6.07, 6.45) is -1.12. The number of aryl methyl sites for hydroxylation is 1. The van der Waals surface area contributed by atoms with Gasteiger partial charge in [-0.2, -0.15) is 13.2 Å². The van der Waals surface area contributed by atoms with Crippen LogP contribution in [0.4, 0.5) is 22.0 Å². The maximum absolute atomic E-state index is 14.1. The molecule has 7 heteroatoms. The third-order valence-corrected chi connectivity index (χ3v) is 3.78. The Hall–Kier alpha value is -3.09. The number of hydrogen-bond donors (Lipinski definition) is 0. The van der Waals surface area contributed by atoms with Crippen molar-refractivity contribution >= 4 is 6.08 Å². The van der Waals surface area contributed by atoms with Gasteiger partial charge >= 0.3 is 6.18 Å². The van der Waals surface area contributed by atoms with Gasteiger partial charge in [-0.15, -0.1) is 0 Å². The molecule has 0 unspecified atom stereocenters. The molecule has 0 fully saturated rings. The van der Waals surface area contributed by atoms with Crippen LogP contribution < -0.4 is 0 Å². The van der Waals surface area contributed by atoms with E-state index < -0.39 is 23.4 Å². The third-order valence-electron chi connectivity index (χ3n) is 3.78. The fraction of sp³-hybridized carbons (Fsp3) is 0.100. The molecule has 0 aliphatic heterocycles. The zero-order valence-corrected chi connectivity index (χ0v) is 14.1. The Kier molecular flexibility index (Phi) is 5.03. The fourth-order valence-corrected chi connectivity index (χ4v) is 2.44. The number of allylic oxidation sites excluding steroid dienone is 1. The molecule has 0 amide bonds. The van der Waals surface area contributed by atoms with E-state index in [4.69, 9.17) is 0 Å². The van der Waals surface area contributed by atoms with Crippen LogP contribution in [0.25, 0.3) is 28.6 Å². The highest BCUT2D eigenvalue weighted by Crippen LogP contribution is 2.28. The molecule has 3 aromatic rings. The molecule has 0 aliphatic carbocycles. The summed E-state index contributed by atoms with van der Waals surface area (Å²) in [5.74, 6) is -1.63. The van der Waals surface area contributed by atoms with Crippen molar-refractivity contribution in [3.05, 3.63) is 77.6 Å². The highest BCUT2D eigenvalue weighted by atomic mass is 19.4. The Bertz CT molecular complexity index is 952. The van der Waals surface area contributed by atoms with E-state index >= 15 is 0 Å². The molecule has 1 aromatic heterocycles. The first-order valence-corrected chi connectivity index (χ1v) is 7.87. The summed E-state index contributed by atoms with van der Waals surface area (Å²) in [5.41, 5.74) is 1.63. The number of halogens is 5. The van der Waals surface area contributed by atoms with Gasteiger partial charge in [0.05, 0.1) is 0 Å². The zero-order chi connectivity index (χ0) is 19.6. The van der Waals surface area contributed by atoms with Crippen molar-refractivity contribution in [3.8, 4) is 22.5 Å². The molecule has 0 N–H and O–H groups in total. The quantitative estimate of drug-likeness (QED) is 0.526. The Balaban J connectivity index is 1.90. The van der Waals surface area contributed by atoms with E-state index in [9.17, 15) is 22.0 Å². The summed E-state index contributed by atoms with van der Waals surface area (Å²) in [7, 11) is 0. The minimum absolute atomic E-state index is 0.204. The number of alkyl halides is 3. The lowest BCUT2D eigenvalue weighted by Gasteiger charge is -2.07. The Morgan fingerprint density at radius 1 is 0.815 bits per heavy atom. The summed E-state index contributed by atoms with van der Waals surface area (Å²) in [6.45, 7) is 1.86. The van der Waals surface area contributed by atoms with Crippen LogP contribution in [0.1, 0.15) is 11.1 Å². The first-order chi connectivity index (χ1) is 12.7. The van der Waals surface area contributed by atoms with Gasteiger partial charge < -0.3 is 0 Å². The molecule has 1 heterocycles. The molecule has 2 aromatic carbocycles. The lowest BCUT2D eigenvalue weighted by atomic mass is 10.0. The SMILES string of the molecule is Cc1cnc(-c2ccc(-c3cc(F)c(/C=C/C(F)(F)F)c(F)c3)cc2)nc1. The van der Waals surface area contributed by atoms with Crippen LogP contribution in [-0.2, 0) is 0 Å². The smallest absolute Gasteiger partial charge is 0.236 e. The topological polar surface area (TPSA) is 25.8 Å². The summed E-state index contributed by atoms with van der Waals surface area (Å²) >= 11 is 0. The molecule has 0 spiro atoms. The average Bonchev–Trinajstić information content (AvgIpc) is 2.61. The molecule has 0 aliphatic rings. The number of nitrogens with zero attached hydrogens (tertiary/aromatic N) is 2. The van der Waals surface area contributed by atoms with Gasteiger partial charge in [0.15, 0.2) is 5.82 Å². The van der Waals surface area contributed by atoms with Crippen molar-refractivity contribution in [2.75, 3.05) is 0 Å². The molecule has 3 rings (SSSR count). The van der Waals surface area contributed by atoms with Crippen LogP contribution in [0.2, 0.25) is 0 Å².